The molecule has 0 aliphatic rings. The van der Waals surface area contributed by atoms with Gasteiger partial charge in [0.15, 0.2) is 12.2 Å². The van der Waals surface area contributed by atoms with Crippen LogP contribution < -0.4 is 0 Å². The van der Waals surface area contributed by atoms with Crippen LogP contribution in [0.25, 0.3) is 0 Å². The molecule has 0 aliphatic carbocycles. The Morgan fingerprint density at radius 3 is 0.617 bits per heavy atom. The van der Waals surface area contributed by atoms with Crippen molar-refractivity contribution in [2.24, 2.45) is 5.92 Å². The van der Waals surface area contributed by atoms with E-state index < -0.39 is 97.5 Å². The van der Waals surface area contributed by atoms with Crippen molar-refractivity contribution in [1.29, 1.82) is 0 Å². The molecule has 0 heterocycles. The average molecular weight is 1680 g/mol. The number of ether oxygens (including phenoxy) is 4. The monoisotopic (exact) mass is 1680 g/mol. The Bertz CT molecular complexity index is 2170. The molecule has 0 aliphatic heterocycles. The molecule has 0 spiro atoms. The van der Waals surface area contributed by atoms with Crippen molar-refractivity contribution in [2.75, 3.05) is 39.6 Å². The summed E-state index contributed by atoms with van der Waals surface area (Å²) in [6.45, 7) is 7.37. The van der Waals surface area contributed by atoms with Gasteiger partial charge in [0.1, 0.15) is 19.3 Å². The Kier molecular flexibility index (Phi) is 86.9. The summed E-state index contributed by atoms with van der Waals surface area (Å²) < 4.78 is 69.2. The van der Waals surface area contributed by atoms with E-state index in [1.807, 2.05) is 0 Å². The van der Waals surface area contributed by atoms with Crippen molar-refractivity contribution >= 4 is 39.5 Å². The largest absolute Gasteiger partial charge is 0.472 e. The average Bonchev–Trinajstić information content (AvgIpc) is 0.896. The zero-order valence-electron chi connectivity index (χ0n) is 76.0. The van der Waals surface area contributed by atoms with Crippen LogP contribution in [0.4, 0.5) is 0 Å². The standard InChI is InChI=1S/C96H188O17P2/c1-6-10-13-16-19-22-25-28-31-34-37-40-43-45-48-51-54-57-60-63-69-74-79-93(98)106-85-91(112-95(100)81-76-71-64-62-59-56-53-50-47-44-41-38-35-32-29-26-23-20-17-14-11-7-2)87-110-114(102,103)108-83-90(97)84-109-115(104,105)111-88-92(86-107-94(99)80-75-70-67-66-68-73-78-89(5)9-4)113-96(101)82-77-72-65-61-58-55-52-49-46-42-39-36-33-30-27-24-21-18-15-12-8-3/h89-92,97H,6-88H2,1-5H3,(H,102,103)(H,104,105)/t89?,90-,91-,92-/m1/s1. The molecule has 0 aromatic heterocycles. The zero-order valence-corrected chi connectivity index (χ0v) is 77.7. The van der Waals surface area contributed by atoms with E-state index in [-0.39, 0.29) is 25.7 Å². The maximum Gasteiger partial charge on any atom is 0.472 e. The highest BCUT2D eigenvalue weighted by Crippen LogP contribution is 2.45. The highest BCUT2D eigenvalue weighted by molar-refractivity contribution is 7.47. The minimum atomic E-state index is -4.97. The van der Waals surface area contributed by atoms with Gasteiger partial charge in [-0.25, -0.2) is 9.13 Å². The second-order valence-electron chi connectivity index (χ2n) is 34.7. The molecule has 0 saturated heterocycles. The molecule has 3 unspecified atom stereocenters. The first-order valence-corrected chi connectivity index (χ1v) is 52.7. The van der Waals surface area contributed by atoms with Crippen LogP contribution >= 0.6 is 15.6 Å². The first kappa shape index (κ1) is 113. The van der Waals surface area contributed by atoms with E-state index >= 15 is 0 Å². The summed E-state index contributed by atoms with van der Waals surface area (Å²) in [4.78, 5) is 73.5. The maximum absolute atomic E-state index is 13.2. The van der Waals surface area contributed by atoms with Gasteiger partial charge in [-0.15, -0.1) is 0 Å². The van der Waals surface area contributed by atoms with Gasteiger partial charge in [0, 0.05) is 25.7 Å². The fourth-order valence-electron chi connectivity index (χ4n) is 15.2. The van der Waals surface area contributed by atoms with E-state index in [2.05, 4.69) is 34.6 Å². The number of phosphoric ester groups is 2. The number of aliphatic hydroxyl groups excluding tert-OH is 1. The lowest BCUT2D eigenvalue weighted by Crippen LogP contribution is -2.30. The summed E-state index contributed by atoms with van der Waals surface area (Å²) in [5, 5.41) is 10.7. The molecule has 19 heteroatoms. The van der Waals surface area contributed by atoms with E-state index in [9.17, 15) is 43.2 Å². The van der Waals surface area contributed by atoms with E-state index in [1.165, 1.54) is 347 Å². The predicted molar refractivity (Wildman–Crippen MR) is 479 cm³/mol. The molecule has 0 amide bonds. The van der Waals surface area contributed by atoms with Gasteiger partial charge < -0.3 is 33.8 Å². The lowest BCUT2D eigenvalue weighted by Gasteiger charge is -2.21. The summed E-state index contributed by atoms with van der Waals surface area (Å²) >= 11 is 0. The molecule has 3 N–H and O–H groups in total. The smallest absolute Gasteiger partial charge is 0.462 e. The highest BCUT2D eigenvalue weighted by atomic mass is 31.2. The molecule has 17 nitrogen and oxygen atoms in total. The number of esters is 4. The summed E-state index contributed by atoms with van der Waals surface area (Å²) in [5.41, 5.74) is 0. The second-order valence-corrected chi connectivity index (χ2v) is 37.6. The van der Waals surface area contributed by atoms with E-state index in [4.69, 9.17) is 37.0 Å². The zero-order chi connectivity index (χ0) is 84.0. The topological polar surface area (TPSA) is 237 Å². The van der Waals surface area contributed by atoms with Crippen molar-refractivity contribution in [2.45, 2.75) is 547 Å². The third-order valence-corrected chi connectivity index (χ3v) is 25.0. The third kappa shape index (κ3) is 88.2. The van der Waals surface area contributed by atoms with Gasteiger partial charge in [-0.3, -0.25) is 37.3 Å². The van der Waals surface area contributed by atoms with Crippen LogP contribution in [0.2, 0.25) is 0 Å². The fourth-order valence-corrected chi connectivity index (χ4v) is 16.8. The van der Waals surface area contributed by atoms with Gasteiger partial charge in [-0.1, -0.05) is 478 Å². The Labute approximate surface area is 708 Å². The van der Waals surface area contributed by atoms with E-state index in [0.29, 0.717) is 25.7 Å². The minimum Gasteiger partial charge on any atom is -0.462 e. The number of phosphoric acid groups is 2. The Balaban J connectivity index is 5.20. The maximum atomic E-state index is 13.2. The molecule has 0 bridgehead atoms. The number of hydrogen-bond acceptors (Lipinski definition) is 15. The van der Waals surface area contributed by atoms with Gasteiger partial charge >= 0.3 is 39.5 Å². The Hall–Kier alpha value is -1.94. The van der Waals surface area contributed by atoms with Gasteiger partial charge in [-0.2, -0.15) is 0 Å². The SMILES string of the molecule is CCCCCCCCCCCCCCCCCCCCCCCCC(=O)OC[C@H](COP(=O)(O)OC[C@@H](O)COP(=O)(O)OC[C@@H](COC(=O)CCCCCCCCC(C)CC)OC(=O)CCCCCCCCCCCCCCCCCCCCCCC)OC(=O)CCCCCCCCCCCCCCCCCCCCCCCC. The summed E-state index contributed by atoms with van der Waals surface area (Å²) in [5.74, 6) is -1.36. The summed E-state index contributed by atoms with van der Waals surface area (Å²) in [6, 6.07) is 0. The van der Waals surface area contributed by atoms with Crippen LogP contribution in [0.5, 0.6) is 0 Å². The molecule has 0 fully saturated rings. The first-order chi connectivity index (χ1) is 56.1. The van der Waals surface area contributed by atoms with Crippen molar-refractivity contribution < 1.29 is 80.2 Å². The molecule has 0 radical (unpaired) electrons. The molecule has 0 saturated carbocycles. The van der Waals surface area contributed by atoms with Crippen LogP contribution in [0, 0.1) is 5.92 Å². The van der Waals surface area contributed by atoms with Crippen molar-refractivity contribution in [1.82, 2.24) is 0 Å². The van der Waals surface area contributed by atoms with Gasteiger partial charge in [0.05, 0.1) is 26.4 Å². The van der Waals surface area contributed by atoms with Crippen molar-refractivity contribution in [3.8, 4) is 0 Å². The van der Waals surface area contributed by atoms with Gasteiger partial charge in [-0.05, 0) is 31.6 Å². The molecular formula is C96H188O17P2. The Morgan fingerprint density at radius 2 is 0.417 bits per heavy atom. The highest BCUT2D eigenvalue weighted by Gasteiger charge is 2.31. The van der Waals surface area contributed by atoms with Crippen LogP contribution in [0.1, 0.15) is 529 Å². The predicted octanol–water partition coefficient (Wildman–Crippen LogP) is 30.3. The quantitative estimate of drug-likeness (QED) is 0.0222. The van der Waals surface area contributed by atoms with Gasteiger partial charge in [0.25, 0.3) is 0 Å². The van der Waals surface area contributed by atoms with E-state index in [1.54, 1.807) is 0 Å². The van der Waals surface area contributed by atoms with Crippen molar-refractivity contribution in [3.63, 3.8) is 0 Å². The normalized spacial score (nSPS) is 13.8. The summed E-state index contributed by atoms with van der Waals surface area (Å²) in [7, 11) is -9.94. The Morgan fingerprint density at radius 1 is 0.243 bits per heavy atom. The molecule has 115 heavy (non-hydrogen) atoms. The van der Waals surface area contributed by atoms with Crippen molar-refractivity contribution in [3.05, 3.63) is 0 Å². The lowest BCUT2D eigenvalue weighted by molar-refractivity contribution is -0.161. The third-order valence-electron chi connectivity index (χ3n) is 23.1. The number of rotatable bonds is 96. The van der Waals surface area contributed by atoms with Crippen LogP contribution in [-0.2, 0) is 65.4 Å². The molecule has 0 aromatic rings. The van der Waals surface area contributed by atoms with Crippen LogP contribution in [0.3, 0.4) is 0 Å². The lowest BCUT2D eigenvalue weighted by atomic mass is 10.00. The number of unbranched alkanes of at least 4 members (excludes halogenated alkanes) is 67. The first-order valence-electron chi connectivity index (χ1n) is 49.7. The number of hydrogen-bond donors (Lipinski definition) is 3. The van der Waals surface area contributed by atoms with Crippen LogP contribution in [0.15, 0.2) is 0 Å². The molecule has 6 atom stereocenters. The summed E-state index contributed by atoms with van der Waals surface area (Å²) in [6.07, 6.45) is 86.6. The van der Waals surface area contributed by atoms with Gasteiger partial charge in [0.2, 0.25) is 0 Å². The second kappa shape index (κ2) is 88.4. The molecule has 0 aromatic carbocycles. The number of carbonyl (C=O) groups is 4. The van der Waals surface area contributed by atoms with E-state index in [0.717, 1.165) is 102 Å². The minimum absolute atomic E-state index is 0.109. The molecule has 0 rings (SSSR count). The molecular weight excluding hydrogens is 1490 g/mol. The molecule has 684 valence electrons. The fraction of sp³-hybridized carbons (Fsp3) is 0.958. The number of carbonyl (C=O) groups excluding carboxylic acids is 4. The van der Waals surface area contributed by atoms with Crippen LogP contribution in [-0.4, -0.2) is 96.7 Å². The number of aliphatic hydroxyl groups is 1.